The van der Waals surface area contributed by atoms with E-state index in [2.05, 4.69) is 70.6 Å². The summed E-state index contributed by atoms with van der Waals surface area (Å²) in [5, 5.41) is 3.52. The largest absolute Gasteiger partial charge is 0.323 e. The Kier molecular flexibility index (Phi) is 5.36. The van der Waals surface area contributed by atoms with Gasteiger partial charge in [-0.15, -0.1) is 0 Å². The summed E-state index contributed by atoms with van der Waals surface area (Å²) in [5.41, 5.74) is 9.50. The molecule has 0 bridgehead atoms. The number of aromatic nitrogens is 3. The average Bonchev–Trinajstić information content (AvgIpc) is 3.37. The summed E-state index contributed by atoms with van der Waals surface area (Å²) < 4.78 is 0. The van der Waals surface area contributed by atoms with E-state index >= 15 is 0 Å². The van der Waals surface area contributed by atoms with Gasteiger partial charge >= 0.3 is 0 Å². The maximum absolute atomic E-state index is 4.83. The number of fused-ring (bicyclic) bond motifs is 3. The van der Waals surface area contributed by atoms with E-state index in [-0.39, 0.29) is 6.04 Å². The molecule has 3 aliphatic heterocycles. The lowest BCUT2D eigenvalue weighted by atomic mass is 9.96. The normalized spacial score (nSPS) is 16.0. The quantitative estimate of drug-likeness (QED) is 0.239. The van der Waals surface area contributed by atoms with E-state index in [0.29, 0.717) is 17.6 Å². The number of nitrogens with one attached hydrogen (secondary N) is 1. The molecule has 192 valence electrons. The van der Waals surface area contributed by atoms with Gasteiger partial charge in [0.25, 0.3) is 0 Å². The number of anilines is 2. The molecule has 0 saturated heterocycles. The van der Waals surface area contributed by atoms with E-state index < -0.39 is 0 Å². The molecule has 5 nitrogen and oxygen atoms in total. The van der Waals surface area contributed by atoms with Crippen LogP contribution in [0.1, 0.15) is 22.7 Å². The lowest BCUT2D eigenvalue weighted by Gasteiger charge is -2.32. The van der Waals surface area contributed by atoms with Crippen LogP contribution >= 0.6 is 0 Å². The topological polar surface area (TPSA) is 53.9 Å². The van der Waals surface area contributed by atoms with Crippen molar-refractivity contribution in [1.82, 2.24) is 19.9 Å². The molecular weight excluding hydrogens is 502 g/mol. The summed E-state index contributed by atoms with van der Waals surface area (Å²) in [6.45, 7) is 0. The minimum Gasteiger partial charge on any atom is -0.323 e. The van der Waals surface area contributed by atoms with Crippen LogP contribution in [0.25, 0.3) is 34.0 Å². The second-order valence-corrected chi connectivity index (χ2v) is 10.0. The van der Waals surface area contributed by atoms with Crippen molar-refractivity contribution in [1.29, 1.82) is 0 Å². The van der Waals surface area contributed by atoms with Crippen molar-refractivity contribution >= 4 is 22.9 Å². The summed E-state index contributed by atoms with van der Waals surface area (Å²) in [5.74, 6) is 8.76. The number of nitrogens with zero attached hydrogens (tertiary/aromatic N) is 4. The minimum absolute atomic E-state index is 0.0201. The first kappa shape index (κ1) is 23.2. The predicted octanol–water partition coefficient (Wildman–Crippen LogP) is 7.64. The Labute approximate surface area is 238 Å². The first-order chi connectivity index (χ1) is 20.3. The van der Waals surface area contributed by atoms with Crippen LogP contribution < -0.4 is 5.32 Å². The maximum Gasteiger partial charge on any atom is 0.231 e. The fourth-order valence-corrected chi connectivity index (χ4v) is 5.68. The highest BCUT2D eigenvalue weighted by Crippen LogP contribution is 2.49. The molecular formula is C36H23N5. The van der Waals surface area contributed by atoms with Crippen LogP contribution in [0.5, 0.6) is 0 Å². The van der Waals surface area contributed by atoms with Crippen molar-refractivity contribution in [2.24, 2.45) is 0 Å². The van der Waals surface area contributed by atoms with Crippen LogP contribution in [0.4, 0.5) is 11.6 Å². The molecule has 1 N–H and O–H groups in total. The molecule has 0 fully saturated rings. The summed E-state index contributed by atoms with van der Waals surface area (Å²) in [6.07, 6.45) is 6.46. The van der Waals surface area contributed by atoms with Gasteiger partial charge in [-0.3, -0.25) is 0 Å². The van der Waals surface area contributed by atoms with Gasteiger partial charge < -0.3 is 10.2 Å². The van der Waals surface area contributed by atoms with Crippen molar-refractivity contribution in [3.05, 3.63) is 150 Å². The smallest absolute Gasteiger partial charge is 0.231 e. The number of allylic oxidation sites excluding steroid dienone is 4. The van der Waals surface area contributed by atoms with E-state index in [4.69, 9.17) is 15.0 Å². The van der Waals surface area contributed by atoms with Gasteiger partial charge in [0, 0.05) is 27.9 Å². The maximum atomic E-state index is 4.83. The summed E-state index contributed by atoms with van der Waals surface area (Å²) in [7, 11) is 0. The van der Waals surface area contributed by atoms with Crippen molar-refractivity contribution in [3.8, 4) is 34.6 Å². The first-order valence-electron chi connectivity index (χ1n) is 13.6. The van der Waals surface area contributed by atoms with Gasteiger partial charge in [0.05, 0.1) is 17.0 Å². The number of hydrogen-bond donors (Lipinski definition) is 1. The minimum atomic E-state index is 0.0201. The average molecular weight is 526 g/mol. The molecule has 1 aromatic heterocycles. The fourth-order valence-electron chi connectivity index (χ4n) is 5.68. The molecule has 0 saturated carbocycles. The summed E-state index contributed by atoms with van der Waals surface area (Å²) in [6, 6.07) is 36.8. The van der Waals surface area contributed by atoms with Crippen LogP contribution in [0.15, 0.2) is 133 Å². The number of para-hydroxylation sites is 1. The highest BCUT2D eigenvalue weighted by atomic mass is 15.2. The van der Waals surface area contributed by atoms with Gasteiger partial charge in [-0.05, 0) is 23.8 Å². The highest BCUT2D eigenvalue weighted by molar-refractivity contribution is 5.94. The lowest BCUT2D eigenvalue weighted by molar-refractivity contribution is 0.470. The van der Waals surface area contributed by atoms with Crippen molar-refractivity contribution in [2.75, 3.05) is 5.32 Å². The molecule has 4 heterocycles. The van der Waals surface area contributed by atoms with Crippen molar-refractivity contribution in [2.45, 2.75) is 6.04 Å². The summed E-state index contributed by atoms with van der Waals surface area (Å²) in [4.78, 5) is 16.8. The Bertz CT molecular complexity index is 1920. The highest BCUT2D eigenvalue weighted by Gasteiger charge is 2.38. The predicted molar refractivity (Wildman–Crippen MR) is 163 cm³/mol. The summed E-state index contributed by atoms with van der Waals surface area (Å²) >= 11 is 0. The van der Waals surface area contributed by atoms with Crippen LogP contribution in [0.3, 0.4) is 0 Å². The third-order valence-corrected chi connectivity index (χ3v) is 7.55. The lowest BCUT2D eigenvalue weighted by Crippen LogP contribution is -2.24. The Morgan fingerprint density at radius 2 is 1.29 bits per heavy atom. The Morgan fingerprint density at radius 3 is 2.02 bits per heavy atom. The molecule has 41 heavy (non-hydrogen) atoms. The van der Waals surface area contributed by atoms with E-state index in [1.54, 1.807) is 0 Å². The van der Waals surface area contributed by atoms with Gasteiger partial charge in [0.1, 0.15) is 6.04 Å². The van der Waals surface area contributed by atoms with Crippen LogP contribution in [0.2, 0.25) is 0 Å². The third kappa shape index (κ3) is 3.93. The van der Waals surface area contributed by atoms with Gasteiger partial charge in [-0.2, -0.15) is 9.97 Å². The SMILES string of the molecule is C1#CC2c3ccccc3C3=CC=CC(=C1c1ccccc1Nc1nc(-c4ccccc4)nc(-c4ccccc4)n1)N32. The zero-order chi connectivity index (χ0) is 27.2. The number of rotatable bonds is 5. The molecule has 0 spiro atoms. The molecule has 5 aromatic rings. The van der Waals surface area contributed by atoms with Crippen molar-refractivity contribution in [3.63, 3.8) is 0 Å². The zero-order valence-corrected chi connectivity index (χ0v) is 22.0. The van der Waals surface area contributed by atoms with E-state index in [9.17, 15) is 0 Å². The molecule has 4 aromatic carbocycles. The van der Waals surface area contributed by atoms with Gasteiger partial charge in [-0.1, -0.05) is 121 Å². The second kappa shape index (κ2) is 9.48. The monoisotopic (exact) mass is 525 g/mol. The number of hydrogen-bond acceptors (Lipinski definition) is 5. The van der Waals surface area contributed by atoms with Crippen molar-refractivity contribution < 1.29 is 0 Å². The molecule has 1 unspecified atom stereocenters. The first-order valence-corrected chi connectivity index (χ1v) is 13.6. The van der Waals surface area contributed by atoms with Gasteiger partial charge in [0.15, 0.2) is 11.6 Å². The molecule has 8 rings (SSSR count). The Hall–Kier alpha value is -5.73. The Morgan fingerprint density at radius 1 is 0.659 bits per heavy atom. The molecule has 3 aliphatic rings. The molecule has 0 aliphatic carbocycles. The van der Waals surface area contributed by atoms with Crippen LogP contribution in [0, 0.1) is 11.8 Å². The number of benzene rings is 4. The third-order valence-electron chi connectivity index (χ3n) is 7.55. The second-order valence-electron chi connectivity index (χ2n) is 10.0. The van der Waals surface area contributed by atoms with E-state index in [1.165, 1.54) is 16.8 Å². The standard InChI is InChI=1S/C36H23N5/c1-3-12-24(13-4-1)34-38-35(25-14-5-2-6-15-25)40-36(39-34)37-30-19-10-9-16-26(30)29-22-23-33-28-18-8-7-17-27(28)31-20-11-21-32(29)41(31)33/h1-21,33H,(H,37,38,39,40). The molecule has 1 atom stereocenters. The van der Waals surface area contributed by atoms with E-state index in [1.807, 2.05) is 78.9 Å². The van der Waals surface area contributed by atoms with Gasteiger partial charge in [-0.25, -0.2) is 4.98 Å². The Balaban J connectivity index is 1.23. The molecule has 5 heteroatoms. The van der Waals surface area contributed by atoms with Crippen LogP contribution in [-0.4, -0.2) is 19.9 Å². The fraction of sp³-hybridized carbons (Fsp3) is 0.0278. The zero-order valence-electron chi connectivity index (χ0n) is 22.0. The van der Waals surface area contributed by atoms with Crippen LogP contribution in [-0.2, 0) is 0 Å². The van der Waals surface area contributed by atoms with Gasteiger partial charge in [0.2, 0.25) is 5.95 Å². The molecule has 0 amide bonds. The van der Waals surface area contributed by atoms with E-state index in [0.717, 1.165) is 33.6 Å². The molecule has 0 radical (unpaired) electrons.